The molecule has 0 radical (unpaired) electrons. The largest absolute Gasteiger partial charge is 0.379 e. The van der Waals surface area contributed by atoms with Crippen molar-refractivity contribution in [2.24, 2.45) is 10.9 Å². The SMILES string of the molecule is CCCCOCCOCCNC(=NC)NCc1cccc(NC(=O)CC(C)C)c1. The van der Waals surface area contributed by atoms with Crippen LogP contribution < -0.4 is 16.0 Å². The summed E-state index contributed by atoms with van der Waals surface area (Å²) in [4.78, 5) is 16.1. The topological polar surface area (TPSA) is 84.0 Å². The third kappa shape index (κ3) is 12.9. The normalized spacial score (nSPS) is 11.6. The number of nitrogens with one attached hydrogen (secondary N) is 3. The number of rotatable bonds is 14. The average molecular weight is 407 g/mol. The molecule has 1 rings (SSSR count). The Hall–Kier alpha value is -2.12. The minimum atomic E-state index is 0.0401. The van der Waals surface area contributed by atoms with Crippen LogP contribution in [0.15, 0.2) is 29.3 Å². The summed E-state index contributed by atoms with van der Waals surface area (Å²) in [5.74, 6) is 1.09. The fourth-order valence-corrected chi connectivity index (χ4v) is 2.56. The molecule has 29 heavy (non-hydrogen) atoms. The standard InChI is InChI=1S/C22H38N4O3/c1-5-6-11-28-13-14-29-12-10-24-22(23-4)25-17-19-8-7-9-20(16-19)26-21(27)15-18(2)3/h7-9,16,18H,5-6,10-15,17H2,1-4H3,(H,26,27)(H2,23,24,25). The molecule has 3 N–H and O–H groups in total. The highest BCUT2D eigenvalue weighted by molar-refractivity contribution is 5.90. The zero-order chi connectivity index (χ0) is 21.3. The molecule has 0 aliphatic carbocycles. The van der Waals surface area contributed by atoms with Gasteiger partial charge < -0.3 is 25.4 Å². The number of unbranched alkanes of at least 4 members (excludes halogenated alkanes) is 1. The van der Waals surface area contributed by atoms with E-state index in [0.29, 0.717) is 51.2 Å². The fraction of sp³-hybridized carbons (Fsp3) is 0.636. The molecule has 0 heterocycles. The molecule has 0 aromatic heterocycles. The number of aliphatic imine (C=N–C) groups is 1. The number of carbonyl (C=O) groups excluding carboxylic acids is 1. The second kappa shape index (κ2) is 15.8. The van der Waals surface area contributed by atoms with Crippen molar-refractivity contribution in [2.45, 2.75) is 46.6 Å². The van der Waals surface area contributed by atoms with Crippen LogP contribution in [0.2, 0.25) is 0 Å². The second-order valence-corrected chi connectivity index (χ2v) is 7.28. The van der Waals surface area contributed by atoms with Crippen molar-refractivity contribution in [3.05, 3.63) is 29.8 Å². The zero-order valence-corrected chi connectivity index (χ0v) is 18.4. The van der Waals surface area contributed by atoms with Crippen molar-refractivity contribution in [2.75, 3.05) is 45.3 Å². The smallest absolute Gasteiger partial charge is 0.224 e. The van der Waals surface area contributed by atoms with Gasteiger partial charge in [-0.2, -0.15) is 0 Å². The maximum absolute atomic E-state index is 11.9. The van der Waals surface area contributed by atoms with E-state index >= 15 is 0 Å². The summed E-state index contributed by atoms with van der Waals surface area (Å²) in [5.41, 5.74) is 1.88. The van der Waals surface area contributed by atoms with Crippen molar-refractivity contribution >= 4 is 17.6 Å². The molecule has 0 fully saturated rings. The number of benzene rings is 1. The summed E-state index contributed by atoms with van der Waals surface area (Å²) >= 11 is 0. The molecule has 7 heteroatoms. The first-order valence-corrected chi connectivity index (χ1v) is 10.5. The number of nitrogens with zero attached hydrogens (tertiary/aromatic N) is 1. The van der Waals surface area contributed by atoms with E-state index in [4.69, 9.17) is 9.47 Å². The fourth-order valence-electron chi connectivity index (χ4n) is 2.56. The molecule has 0 atom stereocenters. The van der Waals surface area contributed by atoms with Gasteiger partial charge in [0.1, 0.15) is 0 Å². The first-order chi connectivity index (χ1) is 14.0. The van der Waals surface area contributed by atoms with Crippen LogP contribution in [-0.4, -0.2) is 51.9 Å². The Kier molecular flexibility index (Phi) is 13.5. The van der Waals surface area contributed by atoms with Gasteiger partial charge in [0.15, 0.2) is 5.96 Å². The molecule has 1 aromatic carbocycles. The summed E-state index contributed by atoms with van der Waals surface area (Å²) in [6.07, 6.45) is 2.76. The van der Waals surface area contributed by atoms with Crippen LogP contribution in [0.4, 0.5) is 5.69 Å². The van der Waals surface area contributed by atoms with E-state index in [1.165, 1.54) is 0 Å². The molecular weight excluding hydrogens is 368 g/mol. The Labute approximate surface area is 175 Å². The minimum Gasteiger partial charge on any atom is -0.379 e. The lowest BCUT2D eigenvalue weighted by Gasteiger charge is -2.13. The van der Waals surface area contributed by atoms with Gasteiger partial charge in [-0.05, 0) is 30.0 Å². The molecular formula is C22H38N4O3. The van der Waals surface area contributed by atoms with E-state index in [1.54, 1.807) is 7.05 Å². The molecule has 0 saturated carbocycles. The lowest BCUT2D eigenvalue weighted by molar-refractivity contribution is -0.116. The molecule has 0 aliphatic rings. The van der Waals surface area contributed by atoms with Gasteiger partial charge in [-0.25, -0.2) is 0 Å². The number of hydrogen-bond acceptors (Lipinski definition) is 4. The first kappa shape index (κ1) is 24.9. The van der Waals surface area contributed by atoms with E-state index in [2.05, 4.69) is 27.9 Å². The minimum absolute atomic E-state index is 0.0401. The quantitative estimate of drug-likeness (QED) is 0.251. The van der Waals surface area contributed by atoms with Crippen molar-refractivity contribution in [1.29, 1.82) is 0 Å². The predicted molar refractivity (Wildman–Crippen MR) is 119 cm³/mol. The van der Waals surface area contributed by atoms with Gasteiger partial charge in [0.25, 0.3) is 0 Å². The number of carbonyl (C=O) groups is 1. The van der Waals surface area contributed by atoms with Gasteiger partial charge >= 0.3 is 0 Å². The highest BCUT2D eigenvalue weighted by Gasteiger charge is 2.06. The molecule has 0 unspecified atom stereocenters. The van der Waals surface area contributed by atoms with Crippen molar-refractivity contribution in [1.82, 2.24) is 10.6 Å². The zero-order valence-electron chi connectivity index (χ0n) is 18.4. The van der Waals surface area contributed by atoms with E-state index in [1.807, 2.05) is 38.1 Å². The van der Waals surface area contributed by atoms with Crippen molar-refractivity contribution in [3.8, 4) is 0 Å². The predicted octanol–water partition coefficient (Wildman–Crippen LogP) is 3.17. The van der Waals surface area contributed by atoms with Crippen LogP contribution in [0.3, 0.4) is 0 Å². The summed E-state index contributed by atoms with van der Waals surface area (Å²) < 4.78 is 11.0. The van der Waals surface area contributed by atoms with E-state index < -0.39 is 0 Å². The third-order valence-corrected chi connectivity index (χ3v) is 4.04. The van der Waals surface area contributed by atoms with Crippen LogP contribution >= 0.6 is 0 Å². The van der Waals surface area contributed by atoms with E-state index in [9.17, 15) is 4.79 Å². The van der Waals surface area contributed by atoms with Gasteiger partial charge in [0, 0.05) is 38.9 Å². The summed E-state index contributed by atoms with van der Waals surface area (Å²) in [6, 6.07) is 7.83. The number of ether oxygens (including phenoxy) is 2. The molecule has 1 aromatic rings. The Bertz CT molecular complexity index is 605. The van der Waals surface area contributed by atoms with Gasteiger partial charge in [-0.15, -0.1) is 0 Å². The Balaban J connectivity index is 2.25. The molecule has 0 aliphatic heterocycles. The van der Waals surface area contributed by atoms with Crippen molar-refractivity contribution in [3.63, 3.8) is 0 Å². The maximum atomic E-state index is 11.9. The number of hydrogen-bond donors (Lipinski definition) is 3. The van der Waals surface area contributed by atoms with Gasteiger partial charge in [0.2, 0.25) is 5.91 Å². The molecule has 1 amide bonds. The summed E-state index contributed by atoms with van der Waals surface area (Å²) in [7, 11) is 1.74. The monoisotopic (exact) mass is 406 g/mol. The van der Waals surface area contributed by atoms with Crippen LogP contribution in [-0.2, 0) is 20.8 Å². The number of guanidine groups is 1. The highest BCUT2D eigenvalue weighted by atomic mass is 16.5. The van der Waals surface area contributed by atoms with E-state index in [0.717, 1.165) is 30.7 Å². The second-order valence-electron chi connectivity index (χ2n) is 7.28. The average Bonchev–Trinajstić information content (AvgIpc) is 2.68. The maximum Gasteiger partial charge on any atom is 0.224 e. The molecule has 0 spiro atoms. The highest BCUT2D eigenvalue weighted by Crippen LogP contribution is 2.12. The Morgan fingerprint density at radius 2 is 1.86 bits per heavy atom. The van der Waals surface area contributed by atoms with Gasteiger partial charge in [0.05, 0.1) is 19.8 Å². The summed E-state index contributed by atoms with van der Waals surface area (Å²) in [6.45, 7) is 10.1. The molecule has 0 saturated heterocycles. The third-order valence-electron chi connectivity index (χ3n) is 4.04. The van der Waals surface area contributed by atoms with E-state index in [-0.39, 0.29) is 5.91 Å². The van der Waals surface area contributed by atoms with Crippen LogP contribution in [0.5, 0.6) is 0 Å². The van der Waals surface area contributed by atoms with Crippen LogP contribution in [0.25, 0.3) is 0 Å². The molecule has 0 bridgehead atoms. The lowest BCUT2D eigenvalue weighted by Crippen LogP contribution is -2.38. The number of anilines is 1. The van der Waals surface area contributed by atoms with Crippen LogP contribution in [0, 0.1) is 5.92 Å². The Morgan fingerprint density at radius 1 is 1.10 bits per heavy atom. The first-order valence-electron chi connectivity index (χ1n) is 10.5. The van der Waals surface area contributed by atoms with Gasteiger partial charge in [-0.3, -0.25) is 9.79 Å². The van der Waals surface area contributed by atoms with Crippen LogP contribution in [0.1, 0.15) is 45.6 Å². The summed E-state index contributed by atoms with van der Waals surface area (Å²) in [5, 5.41) is 9.44. The van der Waals surface area contributed by atoms with Crippen molar-refractivity contribution < 1.29 is 14.3 Å². The number of amides is 1. The molecule has 7 nitrogen and oxygen atoms in total. The molecule has 164 valence electrons. The van der Waals surface area contributed by atoms with Gasteiger partial charge in [-0.1, -0.05) is 39.3 Å². The lowest BCUT2D eigenvalue weighted by atomic mass is 10.1. The Morgan fingerprint density at radius 3 is 2.55 bits per heavy atom.